The minimum absolute atomic E-state index is 0.0136. The normalized spacial score (nSPS) is 12.8. The van der Waals surface area contributed by atoms with E-state index in [1.54, 1.807) is 51.9 Å². The second-order valence-electron chi connectivity index (χ2n) is 12.5. The van der Waals surface area contributed by atoms with Gasteiger partial charge >= 0.3 is 12.1 Å². The lowest BCUT2D eigenvalue weighted by atomic mass is 9.93. The van der Waals surface area contributed by atoms with Crippen LogP contribution >= 0.6 is 12.2 Å². The molecule has 2 heterocycles. The van der Waals surface area contributed by atoms with Gasteiger partial charge in [0.05, 0.1) is 30.8 Å². The van der Waals surface area contributed by atoms with E-state index in [1.807, 2.05) is 13.8 Å². The molecule has 0 saturated heterocycles. The maximum absolute atomic E-state index is 14.2. The van der Waals surface area contributed by atoms with E-state index in [1.165, 1.54) is 30.0 Å². The molecule has 258 valence electrons. The van der Waals surface area contributed by atoms with Gasteiger partial charge in [-0.05, 0) is 118 Å². The van der Waals surface area contributed by atoms with Crippen molar-refractivity contribution >= 4 is 24.1 Å². The number of rotatable bonds is 12. The van der Waals surface area contributed by atoms with Gasteiger partial charge in [-0.25, -0.2) is 9.37 Å². The maximum Gasteiger partial charge on any atom is 0.416 e. The Hall–Kier alpha value is -4.08. The van der Waals surface area contributed by atoms with Crippen molar-refractivity contribution in [3.8, 4) is 23.0 Å². The zero-order valence-electron chi connectivity index (χ0n) is 28.5. The minimum Gasteiger partial charge on any atom is -0.469 e. The van der Waals surface area contributed by atoms with Crippen LogP contribution in [0.5, 0.6) is 0 Å². The first kappa shape index (κ1) is 38.4. The molecule has 3 aromatic rings. The van der Waals surface area contributed by atoms with Crippen LogP contribution in [0.3, 0.4) is 0 Å². The highest BCUT2D eigenvalue weighted by Crippen LogP contribution is 2.35. The van der Waals surface area contributed by atoms with Crippen LogP contribution in [0.2, 0.25) is 0 Å². The minimum atomic E-state index is -4.63. The number of halogens is 4. The molecule has 48 heavy (non-hydrogen) atoms. The fourth-order valence-corrected chi connectivity index (χ4v) is 5.91. The summed E-state index contributed by atoms with van der Waals surface area (Å²) in [5, 5.41) is 2.92. The lowest BCUT2D eigenvalue weighted by Gasteiger charge is -2.27. The predicted molar refractivity (Wildman–Crippen MR) is 180 cm³/mol. The Bertz CT molecular complexity index is 1750. The Morgan fingerprint density at radius 3 is 2.29 bits per heavy atom. The number of alkyl halides is 3. The molecule has 7 nitrogen and oxygen atoms in total. The van der Waals surface area contributed by atoms with Crippen molar-refractivity contribution in [1.82, 2.24) is 19.8 Å². The van der Waals surface area contributed by atoms with Gasteiger partial charge in [0.25, 0.3) is 0 Å². The fraction of sp³-hybridized carbons (Fsp3) is 0.444. The van der Waals surface area contributed by atoms with Crippen LogP contribution in [0.15, 0.2) is 36.5 Å². The van der Waals surface area contributed by atoms with Crippen LogP contribution in [0.25, 0.3) is 11.1 Å². The number of aryl methyl sites for hydroxylation is 2. The van der Waals surface area contributed by atoms with E-state index in [0.717, 1.165) is 11.6 Å². The van der Waals surface area contributed by atoms with E-state index in [-0.39, 0.29) is 41.2 Å². The smallest absolute Gasteiger partial charge is 0.416 e. The Morgan fingerprint density at radius 1 is 1.10 bits per heavy atom. The summed E-state index contributed by atoms with van der Waals surface area (Å²) in [6, 6.07) is 5.19. The number of nitrogens with one attached hydrogen (secondary N) is 1. The maximum atomic E-state index is 14.2. The van der Waals surface area contributed by atoms with Crippen molar-refractivity contribution in [3.05, 3.63) is 80.6 Å². The van der Waals surface area contributed by atoms with Gasteiger partial charge in [-0.1, -0.05) is 32.0 Å². The molecule has 0 radical (unpaired) electrons. The average molecular weight is 687 g/mol. The van der Waals surface area contributed by atoms with Crippen LogP contribution < -0.4 is 5.32 Å². The number of amides is 1. The standard InChI is InChI=1S/C36H42F4N4O3S/c1-9-10-27-16-25(34-22(4)14-26(37)15-23(34)5)17-29(41-27)30(19-33(45)47-8)42-35(46)31(13-21(2)3)44-20-24(11-12-43(6)7)28(18-32(44)48)36(38,39)40/h14-18,20-21,30-31H,11-13,19H2,1-8H3,(H,42,46)/t30-,31?/m0/s1. The summed E-state index contributed by atoms with van der Waals surface area (Å²) in [5.41, 5.74) is 2.60. The number of esters is 1. The number of methoxy groups -OCH3 is 1. The highest BCUT2D eigenvalue weighted by molar-refractivity contribution is 7.71. The molecule has 0 aliphatic carbocycles. The molecule has 0 fully saturated rings. The molecule has 0 aliphatic rings. The Labute approximate surface area is 284 Å². The summed E-state index contributed by atoms with van der Waals surface area (Å²) in [5.74, 6) is 4.14. The number of benzene rings is 1. The van der Waals surface area contributed by atoms with Gasteiger partial charge in [0, 0.05) is 12.7 Å². The highest BCUT2D eigenvalue weighted by Gasteiger charge is 2.35. The second-order valence-corrected chi connectivity index (χ2v) is 12.9. The zero-order chi connectivity index (χ0) is 35.9. The first-order valence-electron chi connectivity index (χ1n) is 15.5. The van der Waals surface area contributed by atoms with E-state index in [2.05, 4.69) is 22.1 Å². The summed E-state index contributed by atoms with van der Waals surface area (Å²) in [7, 11) is 4.75. The molecule has 1 aromatic carbocycles. The van der Waals surface area contributed by atoms with Crippen molar-refractivity contribution < 1.29 is 31.9 Å². The quantitative estimate of drug-likeness (QED) is 0.0919. The van der Waals surface area contributed by atoms with Crippen LogP contribution in [0.1, 0.15) is 79.3 Å². The van der Waals surface area contributed by atoms with E-state index in [0.29, 0.717) is 34.6 Å². The number of hydrogen-bond donors (Lipinski definition) is 1. The molecule has 2 aromatic heterocycles. The van der Waals surface area contributed by atoms with Crippen LogP contribution in [-0.4, -0.2) is 54.1 Å². The van der Waals surface area contributed by atoms with Crippen LogP contribution in [0.4, 0.5) is 17.6 Å². The van der Waals surface area contributed by atoms with Gasteiger partial charge in [0.15, 0.2) is 0 Å². The Morgan fingerprint density at radius 2 is 1.75 bits per heavy atom. The van der Waals surface area contributed by atoms with E-state index >= 15 is 0 Å². The van der Waals surface area contributed by atoms with Gasteiger partial charge in [0.1, 0.15) is 22.2 Å². The molecule has 0 saturated carbocycles. The summed E-state index contributed by atoms with van der Waals surface area (Å²) in [6.45, 7) is 9.33. The lowest BCUT2D eigenvalue weighted by Crippen LogP contribution is -2.38. The third-order valence-electron chi connectivity index (χ3n) is 7.79. The fourth-order valence-electron chi connectivity index (χ4n) is 5.62. The van der Waals surface area contributed by atoms with Gasteiger partial charge < -0.3 is 19.5 Å². The van der Waals surface area contributed by atoms with Crippen LogP contribution in [0, 0.1) is 42.1 Å². The molecule has 3 rings (SSSR count). The molecular formula is C36H42F4N4O3S. The SMILES string of the molecule is CC#Cc1cc(-c2c(C)cc(F)cc2C)cc([C@H](CC(=O)OC)NC(=O)C(CC(C)C)n2cc(CCN(C)C)c(C(F)(F)F)cc2=S)n1. The lowest BCUT2D eigenvalue weighted by molar-refractivity contribution is -0.141. The highest BCUT2D eigenvalue weighted by atomic mass is 32.1. The predicted octanol–water partition coefficient (Wildman–Crippen LogP) is 7.54. The largest absolute Gasteiger partial charge is 0.469 e. The van der Waals surface area contributed by atoms with Crippen molar-refractivity contribution in [2.75, 3.05) is 27.7 Å². The van der Waals surface area contributed by atoms with Crippen molar-refractivity contribution in [2.45, 2.75) is 72.1 Å². The number of pyridine rings is 2. The number of carbonyl (C=O) groups excluding carboxylic acids is 2. The van der Waals surface area contributed by atoms with Crippen molar-refractivity contribution in [3.63, 3.8) is 0 Å². The van der Waals surface area contributed by atoms with E-state index in [4.69, 9.17) is 17.0 Å². The van der Waals surface area contributed by atoms with Crippen LogP contribution in [-0.2, 0) is 26.9 Å². The average Bonchev–Trinajstić information content (AvgIpc) is 2.97. The Balaban J connectivity index is 2.18. The van der Waals surface area contributed by atoms with Crippen molar-refractivity contribution in [2.24, 2.45) is 5.92 Å². The molecule has 12 heteroatoms. The summed E-state index contributed by atoms with van der Waals surface area (Å²) in [6.07, 6.45) is -3.27. The number of ether oxygens (including phenoxy) is 1. The number of nitrogens with zero attached hydrogens (tertiary/aromatic N) is 3. The topological polar surface area (TPSA) is 76.5 Å². The number of carbonyl (C=O) groups is 2. The van der Waals surface area contributed by atoms with E-state index < -0.39 is 35.7 Å². The molecule has 1 unspecified atom stereocenters. The molecule has 0 spiro atoms. The second kappa shape index (κ2) is 16.3. The van der Waals surface area contributed by atoms with Crippen molar-refractivity contribution in [1.29, 1.82) is 0 Å². The molecule has 0 bridgehead atoms. The summed E-state index contributed by atoms with van der Waals surface area (Å²) >= 11 is 5.44. The first-order chi connectivity index (χ1) is 22.4. The zero-order valence-corrected chi connectivity index (χ0v) is 29.3. The third-order valence-corrected chi connectivity index (χ3v) is 8.12. The van der Waals surface area contributed by atoms with E-state index in [9.17, 15) is 27.2 Å². The summed E-state index contributed by atoms with van der Waals surface area (Å²) < 4.78 is 62.5. The van der Waals surface area contributed by atoms with Gasteiger partial charge in [-0.15, -0.1) is 0 Å². The van der Waals surface area contributed by atoms with Gasteiger partial charge in [0.2, 0.25) is 5.91 Å². The number of aromatic nitrogens is 2. The molecule has 0 aliphatic heterocycles. The van der Waals surface area contributed by atoms with Gasteiger partial charge in [-0.3, -0.25) is 9.59 Å². The summed E-state index contributed by atoms with van der Waals surface area (Å²) in [4.78, 5) is 33.3. The monoisotopic (exact) mass is 686 g/mol. The number of hydrogen-bond acceptors (Lipinski definition) is 6. The molecular weight excluding hydrogens is 644 g/mol. The molecule has 1 amide bonds. The Kier molecular flexibility index (Phi) is 13.1. The first-order valence-corrected chi connectivity index (χ1v) is 15.9. The molecule has 1 N–H and O–H groups in total. The molecule has 2 atom stereocenters. The van der Waals surface area contributed by atoms with Gasteiger partial charge in [-0.2, -0.15) is 13.2 Å². The number of likely N-dealkylation sites (N-methyl/N-ethyl adjacent to an activating group) is 1. The third kappa shape index (κ3) is 9.97.